The van der Waals surface area contributed by atoms with Gasteiger partial charge in [0.05, 0.1) is 0 Å². The van der Waals surface area contributed by atoms with Crippen molar-refractivity contribution in [2.45, 2.75) is 71.0 Å². The Morgan fingerprint density at radius 1 is 1.16 bits per heavy atom. The fraction of sp³-hybridized carbons (Fsp3) is 0.593. The highest BCUT2D eigenvalue weighted by atomic mass is 16.4. The maximum atomic E-state index is 11.9. The van der Waals surface area contributed by atoms with E-state index in [0.717, 1.165) is 41.6 Å². The van der Waals surface area contributed by atoms with Crippen molar-refractivity contribution in [2.24, 2.45) is 11.8 Å². The SMILES string of the molecule is Cc1cc(=O)oc2c(C)c(O)c(CN3CCCC4=CC5CC(CN6CCCCC56)C43)cc12. The van der Waals surface area contributed by atoms with Gasteiger partial charge in [0.25, 0.3) is 0 Å². The molecule has 2 bridgehead atoms. The van der Waals surface area contributed by atoms with Crippen molar-refractivity contribution in [3.05, 3.63) is 50.9 Å². The minimum Gasteiger partial charge on any atom is -0.507 e. The number of aryl methyl sites for hydroxylation is 2. The van der Waals surface area contributed by atoms with Crippen molar-refractivity contribution >= 4 is 11.0 Å². The minimum atomic E-state index is -0.360. The van der Waals surface area contributed by atoms with E-state index in [4.69, 9.17) is 4.42 Å². The lowest BCUT2D eigenvalue weighted by molar-refractivity contribution is -0.00277. The zero-order valence-corrected chi connectivity index (χ0v) is 19.3. The van der Waals surface area contributed by atoms with Gasteiger partial charge in [0.2, 0.25) is 0 Å². The molecule has 4 atom stereocenters. The second-order valence-corrected chi connectivity index (χ2v) is 10.6. The number of benzene rings is 1. The van der Waals surface area contributed by atoms with Crippen LogP contribution in [0.25, 0.3) is 11.0 Å². The molecule has 0 saturated carbocycles. The zero-order chi connectivity index (χ0) is 22.0. The number of nitrogens with zero attached hydrogens (tertiary/aromatic N) is 2. The van der Waals surface area contributed by atoms with Gasteiger partial charge in [-0.15, -0.1) is 0 Å². The van der Waals surface area contributed by atoms with E-state index in [0.29, 0.717) is 23.1 Å². The maximum absolute atomic E-state index is 11.9. The fourth-order valence-electron chi connectivity index (χ4n) is 7.27. The first-order chi connectivity index (χ1) is 15.5. The van der Waals surface area contributed by atoms with Crippen LogP contribution < -0.4 is 5.63 Å². The van der Waals surface area contributed by atoms with Gasteiger partial charge in [-0.2, -0.15) is 0 Å². The first-order valence-electron chi connectivity index (χ1n) is 12.4. The van der Waals surface area contributed by atoms with E-state index < -0.39 is 0 Å². The number of piperidine rings is 3. The highest BCUT2D eigenvalue weighted by Crippen LogP contribution is 2.45. The van der Waals surface area contributed by atoms with Crippen LogP contribution in [0.2, 0.25) is 0 Å². The molecule has 3 fully saturated rings. The number of phenolic OH excluding ortho intramolecular Hbond substituents is 1. The highest BCUT2D eigenvalue weighted by Gasteiger charge is 2.45. The molecule has 3 saturated heterocycles. The van der Waals surface area contributed by atoms with Crippen molar-refractivity contribution in [2.75, 3.05) is 19.6 Å². The normalized spacial score (nSPS) is 30.6. The molecule has 1 aromatic carbocycles. The molecule has 6 rings (SSSR count). The Hall–Kier alpha value is -2.11. The zero-order valence-electron chi connectivity index (χ0n) is 19.3. The predicted octanol–water partition coefficient (Wildman–Crippen LogP) is 4.51. The molecule has 4 aliphatic rings. The Bertz CT molecular complexity index is 1150. The standard InChI is InChI=1S/C27H34N2O3/c1-16-10-24(30)32-27-17(2)26(31)21(13-22(16)27)15-29-9-5-6-18-11-19-12-20(25(18)29)14-28-8-4-3-7-23(19)28/h10-11,13,19-20,23,25,31H,3-9,12,14-15H2,1-2H3. The van der Waals surface area contributed by atoms with Gasteiger partial charge in [-0.25, -0.2) is 4.79 Å². The molecule has 2 aromatic rings. The summed E-state index contributed by atoms with van der Waals surface area (Å²) in [5, 5.41) is 12.0. The summed E-state index contributed by atoms with van der Waals surface area (Å²) in [5.74, 6) is 1.70. The third-order valence-electron chi connectivity index (χ3n) is 8.66. The molecular formula is C27H34N2O3. The van der Waals surface area contributed by atoms with E-state index in [1.54, 1.807) is 11.6 Å². The van der Waals surface area contributed by atoms with Crippen LogP contribution in [0.5, 0.6) is 5.75 Å². The quantitative estimate of drug-likeness (QED) is 0.557. The second kappa shape index (κ2) is 7.74. The van der Waals surface area contributed by atoms with Crippen molar-refractivity contribution in [3.63, 3.8) is 0 Å². The van der Waals surface area contributed by atoms with Crippen molar-refractivity contribution in [1.82, 2.24) is 9.80 Å². The van der Waals surface area contributed by atoms with Gasteiger partial charge >= 0.3 is 5.63 Å². The molecule has 3 aliphatic heterocycles. The van der Waals surface area contributed by atoms with Gasteiger partial charge in [0, 0.05) is 47.8 Å². The molecule has 5 heteroatoms. The van der Waals surface area contributed by atoms with Crippen molar-refractivity contribution in [3.8, 4) is 5.75 Å². The summed E-state index contributed by atoms with van der Waals surface area (Å²) in [7, 11) is 0. The van der Waals surface area contributed by atoms with Crippen LogP contribution in [0.4, 0.5) is 0 Å². The molecule has 170 valence electrons. The minimum absolute atomic E-state index is 0.274. The Kier molecular flexibility index (Phi) is 4.96. The van der Waals surface area contributed by atoms with E-state index in [-0.39, 0.29) is 11.4 Å². The summed E-state index contributed by atoms with van der Waals surface area (Å²) in [4.78, 5) is 17.3. The molecule has 5 nitrogen and oxygen atoms in total. The monoisotopic (exact) mass is 434 g/mol. The van der Waals surface area contributed by atoms with Gasteiger partial charge in [-0.1, -0.05) is 18.1 Å². The van der Waals surface area contributed by atoms with E-state index >= 15 is 0 Å². The Balaban J connectivity index is 1.35. The number of fused-ring (bicyclic) bond motifs is 7. The first kappa shape index (κ1) is 20.5. The van der Waals surface area contributed by atoms with Gasteiger partial charge in [0.1, 0.15) is 11.3 Å². The third kappa shape index (κ3) is 3.24. The molecule has 1 N–H and O–H groups in total. The molecule has 1 aliphatic carbocycles. The summed E-state index contributed by atoms with van der Waals surface area (Å²) < 4.78 is 5.45. The van der Waals surface area contributed by atoms with Gasteiger partial charge in [-0.3, -0.25) is 9.80 Å². The molecule has 4 unspecified atom stereocenters. The predicted molar refractivity (Wildman–Crippen MR) is 126 cm³/mol. The van der Waals surface area contributed by atoms with Crippen LogP contribution in [-0.2, 0) is 6.54 Å². The third-order valence-corrected chi connectivity index (χ3v) is 8.66. The number of aromatic hydroxyl groups is 1. The number of likely N-dealkylation sites (tertiary alicyclic amines) is 1. The fourth-order valence-corrected chi connectivity index (χ4v) is 7.27. The molecule has 0 spiro atoms. The average molecular weight is 435 g/mol. The molecule has 0 amide bonds. The summed E-state index contributed by atoms with van der Waals surface area (Å²) in [6.07, 6.45) is 10.5. The van der Waals surface area contributed by atoms with E-state index in [9.17, 15) is 9.90 Å². The lowest BCUT2D eigenvalue weighted by atomic mass is 9.68. The smallest absolute Gasteiger partial charge is 0.336 e. The van der Waals surface area contributed by atoms with Crippen LogP contribution in [-0.4, -0.2) is 46.6 Å². The largest absolute Gasteiger partial charge is 0.507 e. The highest BCUT2D eigenvalue weighted by molar-refractivity contribution is 5.86. The average Bonchev–Trinajstić information content (AvgIpc) is 2.78. The van der Waals surface area contributed by atoms with Gasteiger partial charge in [0.15, 0.2) is 0 Å². The lowest BCUT2D eigenvalue weighted by Crippen LogP contribution is -2.58. The summed E-state index contributed by atoms with van der Waals surface area (Å²) in [6, 6.07) is 4.85. The molecule has 0 radical (unpaired) electrons. The topological polar surface area (TPSA) is 56.9 Å². The van der Waals surface area contributed by atoms with Crippen LogP contribution in [0.1, 0.15) is 55.2 Å². The van der Waals surface area contributed by atoms with Crippen LogP contribution >= 0.6 is 0 Å². The summed E-state index contributed by atoms with van der Waals surface area (Å²) in [5.41, 5.74) is 4.33. The first-order valence-corrected chi connectivity index (χ1v) is 12.4. The Morgan fingerprint density at radius 2 is 2.03 bits per heavy atom. The van der Waals surface area contributed by atoms with E-state index in [1.807, 2.05) is 19.9 Å². The van der Waals surface area contributed by atoms with Crippen LogP contribution in [0.3, 0.4) is 0 Å². The summed E-state index contributed by atoms with van der Waals surface area (Å²) in [6.45, 7) is 8.11. The molecule has 1 aromatic heterocycles. The number of hydrogen-bond acceptors (Lipinski definition) is 5. The molecule has 32 heavy (non-hydrogen) atoms. The summed E-state index contributed by atoms with van der Waals surface area (Å²) >= 11 is 0. The van der Waals surface area contributed by atoms with E-state index in [2.05, 4.69) is 15.9 Å². The van der Waals surface area contributed by atoms with Gasteiger partial charge in [-0.05, 0) is 82.5 Å². The molecule has 4 heterocycles. The van der Waals surface area contributed by atoms with Crippen molar-refractivity contribution < 1.29 is 9.52 Å². The van der Waals surface area contributed by atoms with Crippen LogP contribution in [0, 0.1) is 25.7 Å². The Morgan fingerprint density at radius 3 is 2.91 bits per heavy atom. The number of hydrogen-bond donors (Lipinski definition) is 1. The Labute approximate surface area is 189 Å². The van der Waals surface area contributed by atoms with Crippen molar-refractivity contribution in [1.29, 1.82) is 0 Å². The number of rotatable bonds is 2. The lowest BCUT2D eigenvalue weighted by Gasteiger charge is -2.54. The van der Waals surface area contributed by atoms with E-state index in [1.165, 1.54) is 51.6 Å². The number of phenols is 1. The van der Waals surface area contributed by atoms with Gasteiger partial charge < -0.3 is 9.52 Å². The van der Waals surface area contributed by atoms with Crippen LogP contribution in [0.15, 0.2) is 33.0 Å². The second-order valence-electron chi connectivity index (χ2n) is 10.6. The molecular weight excluding hydrogens is 400 g/mol. The maximum Gasteiger partial charge on any atom is 0.336 e.